The quantitative estimate of drug-likeness (QED) is 0.706. The van der Waals surface area contributed by atoms with Crippen molar-refractivity contribution in [2.24, 2.45) is 4.99 Å². The minimum atomic E-state index is 0.260. The molecule has 0 spiro atoms. The van der Waals surface area contributed by atoms with E-state index in [9.17, 15) is 0 Å². The van der Waals surface area contributed by atoms with Gasteiger partial charge in [-0.15, -0.1) is 0 Å². The fourth-order valence-corrected chi connectivity index (χ4v) is 2.18. The SMILES string of the molecule is CCc1cccc(CC)c1C1C=CC=N1. The lowest BCUT2D eigenvalue weighted by Gasteiger charge is -2.15. The molecule has 15 heavy (non-hydrogen) atoms. The molecule has 0 bridgehead atoms. The summed E-state index contributed by atoms with van der Waals surface area (Å²) in [4.78, 5) is 4.49. The molecule has 1 aliphatic heterocycles. The van der Waals surface area contributed by atoms with Gasteiger partial charge < -0.3 is 0 Å². The molecule has 0 saturated carbocycles. The Morgan fingerprint density at radius 2 is 1.80 bits per heavy atom. The van der Waals surface area contributed by atoms with Crippen LogP contribution in [0.5, 0.6) is 0 Å². The van der Waals surface area contributed by atoms with Crippen LogP contribution in [-0.2, 0) is 12.8 Å². The number of aryl methyl sites for hydroxylation is 2. The Hall–Kier alpha value is -1.37. The maximum Gasteiger partial charge on any atom is 0.0939 e. The van der Waals surface area contributed by atoms with E-state index in [0.29, 0.717) is 0 Å². The standard InChI is InChI=1S/C14H17N/c1-3-11-7-5-8-12(4-2)14(11)13-9-6-10-15-13/h5-10,13H,3-4H2,1-2H3. The molecule has 0 saturated heterocycles. The first-order chi connectivity index (χ1) is 7.36. The predicted octanol–water partition coefficient (Wildman–Crippen LogP) is 3.49. The minimum Gasteiger partial charge on any atom is -0.281 e. The van der Waals surface area contributed by atoms with Crippen LogP contribution in [0.3, 0.4) is 0 Å². The highest BCUT2D eigenvalue weighted by molar-refractivity contribution is 5.74. The van der Waals surface area contributed by atoms with E-state index in [1.54, 1.807) is 0 Å². The summed E-state index contributed by atoms with van der Waals surface area (Å²) < 4.78 is 0. The third kappa shape index (κ3) is 1.87. The average molecular weight is 199 g/mol. The van der Waals surface area contributed by atoms with Gasteiger partial charge in [-0.05, 0) is 35.6 Å². The number of allylic oxidation sites excluding steroid dienone is 1. The smallest absolute Gasteiger partial charge is 0.0939 e. The molecule has 0 fully saturated rings. The molecule has 0 radical (unpaired) electrons. The number of rotatable bonds is 3. The van der Waals surface area contributed by atoms with Crippen LogP contribution in [0.15, 0.2) is 35.3 Å². The van der Waals surface area contributed by atoms with Crippen molar-refractivity contribution < 1.29 is 0 Å². The van der Waals surface area contributed by atoms with Gasteiger partial charge in [-0.3, -0.25) is 4.99 Å². The lowest BCUT2D eigenvalue weighted by molar-refractivity contribution is 0.874. The van der Waals surface area contributed by atoms with Crippen LogP contribution in [0.2, 0.25) is 0 Å². The van der Waals surface area contributed by atoms with Crippen LogP contribution in [0.25, 0.3) is 0 Å². The highest BCUT2D eigenvalue weighted by Crippen LogP contribution is 2.29. The summed E-state index contributed by atoms with van der Waals surface area (Å²) in [6, 6.07) is 6.85. The maximum absolute atomic E-state index is 4.49. The van der Waals surface area contributed by atoms with Gasteiger partial charge in [0, 0.05) is 6.21 Å². The fraction of sp³-hybridized carbons (Fsp3) is 0.357. The van der Waals surface area contributed by atoms with Gasteiger partial charge in [0.1, 0.15) is 0 Å². The Balaban J connectivity index is 2.49. The molecule has 0 aliphatic carbocycles. The second-order valence-electron chi connectivity index (χ2n) is 3.82. The van der Waals surface area contributed by atoms with Crippen LogP contribution in [0.4, 0.5) is 0 Å². The van der Waals surface area contributed by atoms with E-state index in [1.165, 1.54) is 16.7 Å². The van der Waals surface area contributed by atoms with Crippen molar-refractivity contribution in [1.82, 2.24) is 0 Å². The molecular weight excluding hydrogens is 182 g/mol. The summed E-state index contributed by atoms with van der Waals surface area (Å²) in [5, 5.41) is 0. The summed E-state index contributed by atoms with van der Waals surface area (Å²) in [5.41, 5.74) is 4.29. The first kappa shape index (κ1) is 10.2. The summed E-state index contributed by atoms with van der Waals surface area (Å²) in [5.74, 6) is 0. The Bertz CT molecular complexity index is 368. The molecule has 1 nitrogen and oxygen atoms in total. The van der Waals surface area contributed by atoms with E-state index in [4.69, 9.17) is 0 Å². The second-order valence-corrected chi connectivity index (χ2v) is 3.82. The minimum absolute atomic E-state index is 0.260. The molecular formula is C14H17N. The maximum atomic E-state index is 4.49. The molecule has 1 aromatic carbocycles. The number of hydrogen-bond donors (Lipinski definition) is 0. The first-order valence-corrected chi connectivity index (χ1v) is 5.67. The monoisotopic (exact) mass is 199 g/mol. The molecule has 1 atom stereocenters. The van der Waals surface area contributed by atoms with Crippen molar-refractivity contribution in [2.75, 3.05) is 0 Å². The van der Waals surface area contributed by atoms with Crippen LogP contribution in [0.1, 0.15) is 36.6 Å². The van der Waals surface area contributed by atoms with Gasteiger partial charge in [0.05, 0.1) is 6.04 Å². The van der Waals surface area contributed by atoms with E-state index in [-0.39, 0.29) is 6.04 Å². The van der Waals surface area contributed by atoms with Crippen LogP contribution in [0, 0.1) is 0 Å². The molecule has 78 valence electrons. The Morgan fingerprint density at radius 1 is 1.13 bits per heavy atom. The summed E-state index contributed by atoms with van der Waals surface area (Å²) in [7, 11) is 0. The average Bonchev–Trinajstić information content (AvgIpc) is 2.81. The Kier molecular flexibility index (Phi) is 3.00. The zero-order valence-electron chi connectivity index (χ0n) is 9.40. The lowest BCUT2D eigenvalue weighted by atomic mass is 9.92. The number of benzene rings is 1. The Labute approximate surface area is 91.6 Å². The molecule has 1 aromatic rings. The van der Waals surface area contributed by atoms with Gasteiger partial charge in [0.25, 0.3) is 0 Å². The molecule has 2 rings (SSSR count). The highest BCUT2D eigenvalue weighted by Gasteiger charge is 2.15. The van der Waals surface area contributed by atoms with Crippen molar-refractivity contribution in [3.63, 3.8) is 0 Å². The summed E-state index contributed by atoms with van der Waals surface area (Å²) in [6.45, 7) is 4.42. The van der Waals surface area contributed by atoms with Crippen LogP contribution >= 0.6 is 0 Å². The van der Waals surface area contributed by atoms with Gasteiger partial charge in [0.2, 0.25) is 0 Å². The van der Waals surface area contributed by atoms with E-state index < -0.39 is 0 Å². The molecule has 1 aliphatic rings. The van der Waals surface area contributed by atoms with E-state index in [1.807, 2.05) is 12.3 Å². The zero-order valence-corrected chi connectivity index (χ0v) is 9.40. The van der Waals surface area contributed by atoms with Gasteiger partial charge in [0.15, 0.2) is 0 Å². The third-order valence-corrected chi connectivity index (χ3v) is 2.97. The number of nitrogens with zero attached hydrogens (tertiary/aromatic N) is 1. The van der Waals surface area contributed by atoms with E-state index in [0.717, 1.165) is 12.8 Å². The van der Waals surface area contributed by atoms with Crippen LogP contribution in [-0.4, -0.2) is 6.21 Å². The van der Waals surface area contributed by atoms with Crippen molar-refractivity contribution in [3.8, 4) is 0 Å². The largest absolute Gasteiger partial charge is 0.281 e. The van der Waals surface area contributed by atoms with E-state index >= 15 is 0 Å². The highest BCUT2D eigenvalue weighted by atomic mass is 14.8. The number of hydrogen-bond acceptors (Lipinski definition) is 1. The van der Waals surface area contributed by atoms with Crippen molar-refractivity contribution in [3.05, 3.63) is 47.0 Å². The number of aliphatic imine (C=N–C) groups is 1. The molecule has 1 unspecified atom stereocenters. The second kappa shape index (κ2) is 4.43. The predicted molar refractivity (Wildman–Crippen MR) is 65.6 cm³/mol. The molecule has 1 heterocycles. The fourth-order valence-electron chi connectivity index (χ4n) is 2.18. The molecule has 1 heteroatoms. The van der Waals surface area contributed by atoms with Gasteiger partial charge >= 0.3 is 0 Å². The summed E-state index contributed by atoms with van der Waals surface area (Å²) >= 11 is 0. The van der Waals surface area contributed by atoms with Gasteiger partial charge in [-0.25, -0.2) is 0 Å². The molecule has 0 aromatic heterocycles. The topological polar surface area (TPSA) is 12.4 Å². The van der Waals surface area contributed by atoms with E-state index in [2.05, 4.69) is 43.1 Å². The van der Waals surface area contributed by atoms with Crippen molar-refractivity contribution in [2.45, 2.75) is 32.7 Å². The third-order valence-electron chi connectivity index (χ3n) is 2.97. The van der Waals surface area contributed by atoms with Crippen molar-refractivity contribution in [1.29, 1.82) is 0 Å². The molecule has 0 N–H and O–H groups in total. The van der Waals surface area contributed by atoms with Crippen LogP contribution < -0.4 is 0 Å². The normalized spacial score (nSPS) is 18.7. The first-order valence-electron chi connectivity index (χ1n) is 5.67. The lowest BCUT2D eigenvalue weighted by Crippen LogP contribution is -2.01. The molecule has 0 amide bonds. The van der Waals surface area contributed by atoms with Gasteiger partial charge in [-0.2, -0.15) is 0 Å². The van der Waals surface area contributed by atoms with Gasteiger partial charge in [-0.1, -0.05) is 38.1 Å². The Morgan fingerprint density at radius 3 is 2.27 bits per heavy atom. The zero-order chi connectivity index (χ0) is 10.7. The van der Waals surface area contributed by atoms with Crippen molar-refractivity contribution >= 4 is 6.21 Å². The summed E-state index contributed by atoms with van der Waals surface area (Å²) in [6.07, 6.45) is 8.28.